The van der Waals surface area contributed by atoms with Crippen molar-refractivity contribution in [2.45, 2.75) is 6.92 Å². The Morgan fingerprint density at radius 1 is 1.53 bits per heavy atom. The highest BCUT2D eigenvalue weighted by molar-refractivity contribution is 6.10. The second-order valence-corrected chi connectivity index (χ2v) is 3.48. The molecule has 0 fully saturated rings. The average Bonchev–Trinajstić information content (AvgIpc) is 2.83. The van der Waals surface area contributed by atoms with Gasteiger partial charge in [0.2, 0.25) is 5.88 Å². The molecule has 0 atom stereocenters. The zero-order valence-electron chi connectivity index (χ0n) is 10.3. The molecule has 2 rings (SSSR count). The molecule has 0 bridgehead atoms. The highest BCUT2D eigenvalue weighted by Crippen LogP contribution is 2.23. The van der Waals surface area contributed by atoms with E-state index < -0.39 is 17.9 Å². The van der Waals surface area contributed by atoms with E-state index in [0.29, 0.717) is 0 Å². The molecule has 0 aliphatic carbocycles. The number of esters is 1. The number of hydrazine groups is 2. The fourth-order valence-corrected chi connectivity index (χ4v) is 1.46. The minimum absolute atomic E-state index is 0.113. The summed E-state index contributed by atoms with van der Waals surface area (Å²) in [6, 6.07) is 0. The number of carbonyl (C=O) groups is 2. The summed E-state index contributed by atoms with van der Waals surface area (Å²) in [5.74, 6) is -0.886. The summed E-state index contributed by atoms with van der Waals surface area (Å²) in [5, 5.41) is 12.0. The van der Waals surface area contributed by atoms with Crippen LogP contribution >= 0.6 is 0 Å². The van der Waals surface area contributed by atoms with Crippen molar-refractivity contribution < 1.29 is 24.2 Å². The number of ether oxygens (including phenoxy) is 2. The molecule has 0 spiro atoms. The number of methoxy groups -OCH3 is 1. The van der Waals surface area contributed by atoms with Crippen LogP contribution in [0.15, 0.2) is 28.5 Å². The van der Waals surface area contributed by atoms with E-state index in [0.717, 1.165) is 16.2 Å². The minimum atomic E-state index is -0.707. The smallest absolute Gasteiger partial charge is 0.429 e. The maximum absolute atomic E-state index is 11.6. The van der Waals surface area contributed by atoms with Gasteiger partial charge in [0, 0.05) is 6.21 Å². The van der Waals surface area contributed by atoms with Gasteiger partial charge >= 0.3 is 12.1 Å². The average molecular weight is 268 g/mol. The number of hydrogen-bond acceptors (Lipinski definition) is 8. The third-order valence-electron chi connectivity index (χ3n) is 2.33. The molecule has 0 unspecified atom stereocenters. The molecular weight excluding hydrogens is 256 g/mol. The SMILES string of the molecule is CCOC(=O)C1=C(O)N2NN(C(=O)OC)C=C2N=C1. The van der Waals surface area contributed by atoms with Crippen LogP contribution in [0.5, 0.6) is 0 Å². The molecule has 9 nitrogen and oxygen atoms in total. The monoisotopic (exact) mass is 268 g/mol. The van der Waals surface area contributed by atoms with Crippen molar-refractivity contribution in [3.05, 3.63) is 23.5 Å². The third-order valence-corrected chi connectivity index (χ3v) is 2.33. The lowest BCUT2D eigenvalue weighted by atomic mass is 10.2. The number of hydrogen-bond donors (Lipinski definition) is 2. The van der Waals surface area contributed by atoms with E-state index in [1.165, 1.54) is 13.3 Å². The number of aliphatic imine (C=N–C) groups is 1. The van der Waals surface area contributed by atoms with Gasteiger partial charge in [-0.1, -0.05) is 0 Å². The summed E-state index contributed by atoms with van der Waals surface area (Å²) in [6.45, 7) is 1.82. The summed E-state index contributed by atoms with van der Waals surface area (Å²) >= 11 is 0. The van der Waals surface area contributed by atoms with E-state index in [1.807, 2.05) is 0 Å². The number of nitrogens with one attached hydrogen (secondary N) is 1. The Kier molecular flexibility index (Phi) is 3.38. The lowest BCUT2D eigenvalue weighted by Crippen LogP contribution is -2.44. The topological polar surface area (TPSA) is 104 Å². The van der Waals surface area contributed by atoms with Gasteiger partial charge in [0.15, 0.2) is 5.82 Å². The van der Waals surface area contributed by atoms with Gasteiger partial charge < -0.3 is 14.6 Å². The largest absolute Gasteiger partial charge is 0.493 e. The number of nitrogens with zero attached hydrogens (tertiary/aromatic N) is 3. The van der Waals surface area contributed by atoms with Crippen LogP contribution in [0.25, 0.3) is 0 Å². The van der Waals surface area contributed by atoms with Crippen LogP contribution in [-0.2, 0) is 14.3 Å². The normalized spacial score (nSPS) is 17.3. The van der Waals surface area contributed by atoms with Gasteiger partial charge in [0.25, 0.3) is 0 Å². The van der Waals surface area contributed by atoms with Crippen molar-refractivity contribution >= 4 is 18.3 Å². The lowest BCUT2D eigenvalue weighted by Gasteiger charge is -2.23. The number of carbonyl (C=O) groups excluding carboxylic acids is 2. The Bertz CT molecular complexity index is 510. The van der Waals surface area contributed by atoms with Crippen molar-refractivity contribution in [3.8, 4) is 0 Å². The summed E-state index contributed by atoms with van der Waals surface area (Å²) in [5.41, 5.74) is 2.38. The fraction of sp³-hybridized carbons (Fsp3) is 0.300. The van der Waals surface area contributed by atoms with E-state index in [2.05, 4.69) is 15.3 Å². The molecule has 9 heteroatoms. The summed E-state index contributed by atoms with van der Waals surface area (Å²) < 4.78 is 9.27. The molecule has 19 heavy (non-hydrogen) atoms. The minimum Gasteiger partial charge on any atom is -0.493 e. The maximum atomic E-state index is 11.6. The highest BCUT2D eigenvalue weighted by Gasteiger charge is 2.33. The summed E-state index contributed by atoms with van der Waals surface area (Å²) in [4.78, 5) is 26.8. The van der Waals surface area contributed by atoms with Crippen molar-refractivity contribution in [2.24, 2.45) is 4.99 Å². The Labute approximate surface area is 108 Å². The molecular formula is C10H12N4O5. The first kappa shape index (κ1) is 12.9. The van der Waals surface area contributed by atoms with Crippen molar-refractivity contribution in [3.63, 3.8) is 0 Å². The van der Waals surface area contributed by atoms with Gasteiger partial charge in [-0.25, -0.2) is 19.6 Å². The fourth-order valence-electron chi connectivity index (χ4n) is 1.46. The standard InChI is InChI=1S/C10H12N4O5/c1-3-19-9(16)6-4-11-7-5-13(10(17)18-2)12-14(7)8(6)15/h4-5,12,15H,3H2,1-2H3. The van der Waals surface area contributed by atoms with Gasteiger partial charge in [-0.15, -0.1) is 5.53 Å². The summed E-state index contributed by atoms with van der Waals surface area (Å²) in [7, 11) is 1.21. The van der Waals surface area contributed by atoms with Crippen LogP contribution in [-0.4, -0.2) is 47.1 Å². The molecule has 0 aromatic carbocycles. The molecule has 0 aromatic heterocycles. The lowest BCUT2D eigenvalue weighted by molar-refractivity contribution is -0.138. The quantitative estimate of drug-likeness (QED) is 0.679. The number of fused-ring (bicyclic) bond motifs is 1. The van der Waals surface area contributed by atoms with Crippen molar-refractivity contribution in [1.29, 1.82) is 0 Å². The molecule has 2 heterocycles. The van der Waals surface area contributed by atoms with Crippen LogP contribution in [0.1, 0.15) is 6.92 Å². The third kappa shape index (κ3) is 2.22. The Morgan fingerprint density at radius 3 is 2.89 bits per heavy atom. The van der Waals surface area contributed by atoms with E-state index in [-0.39, 0.29) is 18.0 Å². The van der Waals surface area contributed by atoms with Crippen molar-refractivity contribution in [1.82, 2.24) is 15.6 Å². The molecule has 0 radical (unpaired) electrons. The molecule has 2 aliphatic rings. The van der Waals surface area contributed by atoms with Crippen molar-refractivity contribution in [2.75, 3.05) is 13.7 Å². The molecule has 102 valence electrons. The van der Waals surface area contributed by atoms with E-state index >= 15 is 0 Å². The predicted molar refractivity (Wildman–Crippen MR) is 62.1 cm³/mol. The van der Waals surface area contributed by atoms with Crippen LogP contribution in [0.4, 0.5) is 4.79 Å². The Morgan fingerprint density at radius 2 is 2.26 bits per heavy atom. The zero-order valence-corrected chi connectivity index (χ0v) is 10.3. The molecule has 0 saturated carbocycles. The summed E-state index contributed by atoms with van der Waals surface area (Å²) in [6.07, 6.45) is 1.78. The second kappa shape index (κ2) is 4.98. The van der Waals surface area contributed by atoms with Crippen LogP contribution in [0.2, 0.25) is 0 Å². The van der Waals surface area contributed by atoms with E-state index in [1.54, 1.807) is 6.92 Å². The Balaban J connectivity index is 2.22. The van der Waals surface area contributed by atoms with Gasteiger partial charge in [-0.2, -0.15) is 5.01 Å². The predicted octanol–water partition coefficient (Wildman–Crippen LogP) is 0.00600. The van der Waals surface area contributed by atoms with E-state index in [9.17, 15) is 14.7 Å². The number of rotatable bonds is 2. The Hall–Kier alpha value is -2.55. The van der Waals surface area contributed by atoms with Gasteiger partial charge in [0.05, 0.1) is 19.9 Å². The van der Waals surface area contributed by atoms with Gasteiger partial charge in [0.1, 0.15) is 5.57 Å². The molecule has 0 aromatic rings. The highest BCUT2D eigenvalue weighted by atomic mass is 16.5. The van der Waals surface area contributed by atoms with Crippen LogP contribution < -0.4 is 5.53 Å². The number of amides is 1. The molecule has 2 N–H and O–H groups in total. The maximum Gasteiger partial charge on any atom is 0.429 e. The van der Waals surface area contributed by atoms with Crippen LogP contribution in [0.3, 0.4) is 0 Å². The second-order valence-electron chi connectivity index (χ2n) is 3.48. The molecule has 2 aliphatic heterocycles. The first-order valence-corrected chi connectivity index (χ1v) is 5.38. The molecule has 0 saturated heterocycles. The first-order valence-electron chi connectivity index (χ1n) is 5.38. The van der Waals surface area contributed by atoms with Crippen LogP contribution in [0, 0.1) is 0 Å². The number of aliphatic hydroxyl groups excluding tert-OH is 1. The molecule has 1 amide bonds. The van der Waals surface area contributed by atoms with Gasteiger partial charge in [-0.05, 0) is 6.92 Å². The van der Waals surface area contributed by atoms with E-state index in [4.69, 9.17) is 4.74 Å². The zero-order chi connectivity index (χ0) is 14.0. The van der Waals surface area contributed by atoms with Gasteiger partial charge in [-0.3, -0.25) is 0 Å². The number of aliphatic hydroxyl groups is 1. The first-order chi connectivity index (χ1) is 9.08.